The molecule has 3 N–H and O–H groups in total. The predicted octanol–water partition coefficient (Wildman–Crippen LogP) is 1.72. The van der Waals surface area contributed by atoms with E-state index in [0.717, 1.165) is 17.7 Å². The van der Waals surface area contributed by atoms with Crippen LogP contribution in [-0.2, 0) is 0 Å². The van der Waals surface area contributed by atoms with E-state index in [2.05, 4.69) is 5.32 Å². The number of hydrogen-bond acceptors (Lipinski definition) is 3. The summed E-state index contributed by atoms with van der Waals surface area (Å²) in [6.45, 7) is 1.87. The number of hydrogen-bond donors (Lipinski definition) is 3. The zero-order valence-electron chi connectivity index (χ0n) is 11.1. The van der Waals surface area contributed by atoms with Crippen molar-refractivity contribution < 1.29 is 19.2 Å². The maximum absolute atomic E-state index is 13.3. The van der Waals surface area contributed by atoms with Crippen LogP contribution in [0.4, 0.5) is 10.1 Å². The van der Waals surface area contributed by atoms with Crippen molar-refractivity contribution in [3.05, 3.63) is 58.4 Å². The van der Waals surface area contributed by atoms with E-state index in [1.807, 2.05) is 6.92 Å². The number of aryl methyl sites for hydroxylation is 1. The molecule has 0 saturated carbocycles. The number of nitrogens with one attached hydrogen (secondary N) is 1. The predicted molar refractivity (Wildman–Crippen MR) is 80.4 cm³/mol. The minimum Gasteiger partial charge on any atom is -0.423 e. The van der Waals surface area contributed by atoms with Crippen LogP contribution in [-0.4, -0.2) is 23.1 Å². The molecule has 0 aromatic heterocycles. The summed E-state index contributed by atoms with van der Waals surface area (Å²) in [6, 6.07) is 8.47. The van der Waals surface area contributed by atoms with Gasteiger partial charge in [0.15, 0.2) is 0 Å². The third-order valence-corrected chi connectivity index (χ3v) is 3.22. The summed E-state index contributed by atoms with van der Waals surface area (Å²) in [6.07, 6.45) is 0. The highest BCUT2D eigenvalue weighted by Gasteiger charge is 2.19. The lowest BCUT2D eigenvalue weighted by Gasteiger charge is -2.09. The molecule has 0 atom stereocenters. The second kappa shape index (κ2) is 6.26. The minimum atomic E-state index is -1.99. The zero-order valence-corrected chi connectivity index (χ0v) is 11.9. The molecule has 0 aliphatic carbocycles. The molecule has 0 spiro atoms. The number of rotatable bonds is 3. The minimum absolute atomic E-state index is 0.0936. The maximum atomic E-state index is 13.3. The molecule has 1 amide bonds. The fourth-order valence-electron chi connectivity index (χ4n) is 1.80. The average Bonchev–Trinajstić information content (AvgIpc) is 2.42. The Morgan fingerprint density at radius 3 is 2.57 bits per heavy atom. The Balaban J connectivity index is 2.26. The second-order valence-corrected chi connectivity index (χ2v) is 4.95. The van der Waals surface area contributed by atoms with Gasteiger partial charge in [0.05, 0.1) is 10.7 Å². The topological polar surface area (TPSA) is 69.6 Å². The van der Waals surface area contributed by atoms with Crippen molar-refractivity contribution in [3.63, 3.8) is 0 Å². The van der Waals surface area contributed by atoms with Gasteiger partial charge in [-0.3, -0.25) is 4.79 Å². The average molecular weight is 308 g/mol. The Hall–Kier alpha value is -1.89. The lowest BCUT2D eigenvalue weighted by molar-refractivity contribution is 0.102. The molecule has 0 fully saturated rings. The van der Waals surface area contributed by atoms with E-state index >= 15 is 0 Å². The molecule has 0 radical (unpaired) electrons. The van der Waals surface area contributed by atoms with E-state index in [-0.39, 0.29) is 11.0 Å². The van der Waals surface area contributed by atoms with Gasteiger partial charge in [-0.25, -0.2) is 4.39 Å². The van der Waals surface area contributed by atoms with E-state index in [9.17, 15) is 9.18 Å². The molecule has 0 aliphatic heterocycles. The highest BCUT2D eigenvalue weighted by atomic mass is 35.5. The Morgan fingerprint density at radius 1 is 1.24 bits per heavy atom. The quantitative estimate of drug-likeness (QED) is 0.756. The lowest BCUT2D eigenvalue weighted by atomic mass is 9.79. The van der Waals surface area contributed by atoms with Gasteiger partial charge in [-0.1, -0.05) is 17.7 Å². The van der Waals surface area contributed by atoms with Crippen molar-refractivity contribution in [1.82, 2.24) is 0 Å². The van der Waals surface area contributed by atoms with Crippen molar-refractivity contribution in [2.24, 2.45) is 0 Å². The van der Waals surface area contributed by atoms with Gasteiger partial charge in [-0.2, -0.15) is 0 Å². The van der Waals surface area contributed by atoms with Crippen molar-refractivity contribution in [1.29, 1.82) is 0 Å². The summed E-state index contributed by atoms with van der Waals surface area (Å²) < 4.78 is 13.3. The molecular formula is C14H12BClFNO3. The van der Waals surface area contributed by atoms with Gasteiger partial charge in [0.2, 0.25) is 0 Å². The van der Waals surface area contributed by atoms with Crippen molar-refractivity contribution in [3.8, 4) is 0 Å². The van der Waals surface area contributed by atoms with Gasteiger partial charge in [0, 0.05) is 11.0 Å². The highest BCUT2D eigenvalue weighted by molar-refractivity contribution is 6.58. The first-order valence-electron chi connectivity index (χ1n) is 6.11. The number of carbonyl (C=O) groups is 1. The largest absolute Gasteiger partial charge is 0.491 e. The molecular weight excluding hydrogens is 295 g/mol. The molecule has 108 valence electrons. The normalized spacial score (nSPS) is 10.3. The van der Waals surface area contributed by atoms with Gasteiger partial charge in [-0.05, 0) is 42.8 Å². The molecule has 0 heterocycles. The fourth-order valence-corrected chi connectivity index (χ4v) is 2.08. The van der Waals surface area contributed by atoms with Gasteiger partial charge < -0.3 is 15.4 Å². The van der Waals surface area contributed by atoms with E-state index in [4.69, 9.17) is 21.6 Å². The Bertz CT molecular complexity index is 694. The molecule has 21 heavy (non-hydrogen) atoms. The molecule has 2 aromatic carbocycles. The third-order valence-electron chi connectivity index (χ3n) is 2.91. The van der Waals surface area contributed by atoms with E-state index in [1.54, 1.807) is 18.2 Å². The van der Waals surface area contributed by atoms with Crippen LogP contribution >= 0.6 is 11.6 Å². The van der Waals surface area contributed by atoms with Crippen LogP contribution in [0.15, 0.2) is 36.4 Å². The van der Waals surface area contributed by atoms with Crippen molar-refractivity contribution >= 4 is 35.8 Å². The fraction of sp³-hybridized carbons (Fsp3) is 0.0714. The third kappa shape index (κ3) is 3.61. The van der Waals surface area contributed by atoms with Gasteiger partial charge in [0.1, 0.15) is 5.82 Å². The number of halogens is 2. The Labute approximate surface area is 126 Å². The summed E-state index contributed by atoms with van der Waals surface area (Å²) in [5.41, 5.74) is 1.10. The molecule has 2 rings (SSSR count). The summed E-state index contributed by atoms with van der Waals surface area (Å²) in [4.78, 5) is 12.1. The van der Waals surface area contributed by atoms with Crippen LogP contribution < -0.4 is 10.8 Å². The van der Waals surface area contributed by atoms with Gasteiger partial charge >= 0.3 is 7.12 Å². The number of amides is 1. The summed E-state index contributed by atoms with van der Waals surface area (Å²) in [7, 11) is -1.99. The lowest BCUT2D eigenvalue weighted by Crippen LogP contribution is -2.33. The van der Waals surface area contributed by atoms with E-state index < -0.39 is 18.8 Å². The molecule has 2 aromatic rings. The molecule has 4 nitrogen and oxygen atoms in total. The summed E-state index contributed by atoms with van der Waals surface area (Å²) in [5.74, 6) is -1.32. The summed E-state index contributed by atoms with van der Waals surface area (Å²) >= 11 is 6.01. The SMILES string of the molecule is Cc1ccc(NC(=O)c2ccc(F)c(B(O)O)c2)c(Cl)c1. The van der Waals surface area contributed by atoms with Crippen LogP contribution in [0.5, 0.6) is 0 Å². The maximum Gasteiger partial charge on any atom is 0.491 e. The smallest absolute Gasteiger partial charge is 0.423 e. The van der Waals surface area contributed by atoms with Gasteiger partial charge in [-0.15, -0.1) is 0 Å². The second-order valence-electron chi connectivity index (χ2n) is 4.55. The molecule has 0 saturated heterocycles. The standard InChI is InChI=1S/C14H12BClFNO3/c1-8-2-5-13(11(16)6-8)18-14(19)9-3-4-12(17)10(7-9)15(20)21/h2-7,20-21H,1H3,(H,18,19). The zero-order chi connectivity index (χ0) is 15.6. The van der Waals surface area contributed by atoms with Crippen LogP contribution in [0.3, 0.4) is 0 Å². The molecule has 0 unspecified atom stereocenters. The summed E-state index contributed by atoms with van der Waals surface area (Å²) in [5, 5.41) is 21.0. The number of benzene rings is 2. The van der Waals surface area contributed by atoms with Crippen LogP contribution in [0.1, 0.15) is 15.9 Å². The van der Waals surface area contributed by atoms with Crippen LogP contribution in [0, 0.1) is 12.7 Å². The Morgan fingerprint density at radius 2 is 1.95 bits per heavy atom. The molecule has 0 bridgehead atoms. The van der Waals surface area contributed by atoms with Gasteiger partial charge in [0.25, 0.3) is 5.91 Å². The first-order valence-corrected chi connectivity index (χ1v) is 6.49. The van der Waals surface area contributed by atoms with E-state index in [0.29, 0.717) is 10.7 Å². The highest BCUT2D eigenvalue weighted by Crippen LogP contribution is 2.23. The van der Waals surface area contributed by atoms with Crippen molar-refractivity contribution in [2.45, 2.75) is 6.92 Å². The number of carbonyl (C=O) groups excluding carboxylic acids is 1. The number of anilines is 1. The first kappa shape index (κ1) is 15.5. The van der Waals surface area contributed by atoms with Crippen LogP contribution in [0.25, 0.3) is 0 Å². The monoisotopic (exact) mass is 307 g/mol. The van der Waals surface area contributed by atoms with Crippen molar-refractivity contribution in [2.75, 3.05) is 5.32 Å². The van der Waals surface area contributed by atoms with E-state index in [1.165, 1.54) is 6.07 Å². The molecule has 7 heteroatoms. The first-order chi connectivity index (χ1) is 9.88. The molecule has 0 aliphatic rings. The van der Waals surface area contributed by atoms with Crippen LogP contribution in [0.2, 0.25) is 5.02 Å². The Kier molecular flexibility index (Phi) is 4.62.